The van der Waals surface area contributed by atoms with E-state index in [1.54, 1.807) is 0 Å². The summed E-state index contributed by atoms with van der Waals surface area (Å²) in [5.41, 5.74) is 25.2. The van der Waals surface area contributed by atoms with Gasteiger partial charge in [0.25, 0.3) is 0 Å². The van der Waals surface area contributed by atoms with Crippen molar-refractivity contribution in [2.45, 2.75) is 54.9 Å². The van der Waals surface area contributed by atoms with Crippen molar-refractivity contribution in [1.29, 1.82) is 0 Å². The zero-order valence-corrected chi connectivity index (χ0v) is 42.2. The fourth-order valence-electron chi connectivity index (χ4n) is 8.56. The quantitative estimate of drug-likeness (QED) is 0.159. The summed E-state index contributed by atoms with van der Waals surface area (Å²) in [6, 6.07) is 79.4. The molecule has 0 saturated heterocycles. The predicted molar refractivity (Wildman–Crippen MR) is 308 cm³/mol. The highest BCUT2D eigenvalue weighted by atomic mass is 14.8. The number of hydrogen-bond acceptors (Lipinski definition) is 2. The molecule has 70 heavy (non-hydrogen) atoms. The Morgan fingerprint density at radius 1 is 0.429 bits per heavy atom. The molecule has 0 fully saturated rings. The molecule has 0 aromatic heterocycles. The number of fused-ring (bicyclic) bond motifs is 2. The Kier molecular flexibility index (Phi) is 19.1. The molecule has 0 aliphatic carbocycles. The molecule has 10 aromatic carbocycles. The van der Waals surface area contributed by atoms with Crippen LogP contribution in [0.5, 0.6) is 0 Å². The van der Waals surface area contributed by atoms with Crippen molar-refractivity contribution in [3.63, 3.8) is 0 Å². The highest BCUT2D eigenvalue weighted by Crippen LogP contribution is 2.39. The summed E-state index contributed by atoms with van der Waals surface area (Å²) in [7, 11) is 0. The van der Waals surface area contributed by atoms with Crippen molar-refractivity contribution >= 4 is 33.8 Å². The Morgan fingerprint density at radius 3 is 1.49 bits per heavy atom. The van der Waals surface area contributed by atoms with E-state index in [9.17, 15) is 0 Å². The number of nitrogens with zero attached hydrogens (tertiary/aromatic N) is 1. The van der Waals surface area contributed by atoms with E-state index in [0.29, 0.717) is 6.67 Å². The van der Waals surface area contributed by atoms with Gasteiger partial charge in [-0.1, -0.05) is 243 Å². The van der Waals surface area contributed by atoms with Crippen molar-refractivity contribution < 1.29 is 0 Å². The second-order valence-electron chi connectivity index (χ2n) is 17.6. The molecule has 0 spiro atoms. The van der Waals surface area contributed by atoms with E-state index in [-0.39, 0.29) is 0 Å². The van der Waals surface area contributed by atoms with Gasteiger partial charge in [0.15, 0.2) is 0 Å². The van der Waals surface area contributed by atoms with Crippen LogP contribution in [0.15, 0.2) is 236 Å². The number of benzene rings is 10. The minimum Gasteiger partial charge on any atom is -0.312 e. The molecule has 2 nitrogen and oxygen atoms in total. The third kappa shape index (κ3) is 13.8. The van der Waals surface area contributed by atoms with Gasteiger partial charge in [0, 0.05) is 0 Å². The van der Waals surface area contributed by atoms with Crippen LogP contribution in [0, 0.1) is 41.5 Å². The van der Waals surface area contributed by atoms with E-state index in [1.807, 2.05) is 6.07 Å². The lowest BCUT2D eigenvalue weighted by atomic mass is 9.85. The van der Waals surface area contributed by atoms with Gasteiger partial charge in [-0.25, -0.2) is 0 Å². The molecule has 0 saturated carbocycles. The Hall–Kier alpha value is -7.91. The standard InChI is InChI=1S/C32H26.C15H16.C11H10.C8H10.C2H6N2/c1-22-11-7-9-15-29(22)31-21-28-14-8-10-16-30(28)32(24(31)3)23(2)25-17-19-27(20-18-25)26-12-5-4-6-13-26;1-11-8-9-13(3)15(10-11)14-7-5-4-6-12(14)2;1-9-6-7-10-4-2-3-5-11(10)8-9;1-2-8-6-4-3-5-7-8;1-4-2-3/h4-21H,2H2,1,3H3;4-10H,1-3H3;2-8H,1H3;3-7H,2H2,1H3;1-3H2. The van der Waals surface area contributed by atoms with Crippen LogP contribution in [0.3, 0.4) is 0 Å². The lowest BCUT2D eigenvalue weighted by molar-refractivity contribution is 1.08. The SMILES string of the molecule is C=C(c1ccc(-c2ccccc2)cc1)c1c(C)c(-c2ccccc2C)cc2ccccc12.C=NCN.CCc1ccccc1.Cc1ccc(C)c(-c2ccccc2C)c1.Cc1ccc2ccccc2c1. The van der Waals surface area contributed by atoms with Crippen LogP contribution in [-0.4, -0.2) is 13.4 Å². The fraction of sp³-hybridized carbons (Fsp3) is 0.132. The molecule has 10 aromatic rings. The molecule has 0 unspecified atom stereocenters. The first kappa shape index (κ1) is 51.5. The molecule has 0 aliphatic heterocycles. The largest absolute Gasteiger partial charge is 0.312 e. The molecule has 0 radical (unpaired) electrons. The summed E-state index contributed by atoms with van der Waals surface area (Å²) < 4.78 is 0. The first-order chi connectivity index (χ1) is 34.0. The van der Waals surface area contributed by atoms with Crippen LogP contribution in [0.2, 0.25) is 0 Å². The molecule has 0 amide bonds. The van der Waals surface area contributed by atoms with Crippen molar-refractivity contribution in [3.8, 4) is 33.4 Å². The average molecular weight is 913 g/mol. The molecule has 0 heterocycles. The van der Waals surface area contributed by atoms with Crippen molar-refractivity contribution in [2.24, 2.45) is 10.7 Å². The van der Waals surface area contributed by atoms with E-state index in [0.717, 1.165) is 17.6 Å². The van der Waals surface area contributed by atoms with Crippen LogP contribution in [0.1, 0.15) is 57.0 Å². The maximum Gasteiger partial charge on any atom is 0.0852 e. The number of rotatable bonds is 7. The highest BCUT2D eigenvalue weighted by Gasteiger charge is 2.16. The minimum atomic E-state index is 0.333. The second kappa shape index (κ2) is 26.0. The number of aliphatic imine (C=N–C) groups is 1. The molecule has 0 aliphatic rings. The second-order valence-corrected chi connectivity index (χ2v) is 17.6. The van der Waals surface area contributed by atoms with Crippen LogP contribution < -0.4 is 5.73 Å². The zero-order chi connectivity index (χ0) is 49.8. The van der Waals surface area contributed by atoms with Gasteiger partial charge in [-0.2, -0.15) is 0 Å². The molecule has 10 rings (SSSR count). The lowest BCUT2D eigenvalue weighted by Gasteiger charge is -2.19. The van der Waals surface area contributed by atoms with Gasteiger partial charge in [0.2, 0.25) is 0 Å². The third-order valence-electron chi connectivity index (χ3n) is 12.5. The van der Waals surface area contributed by atoms with Crippen LogP contribution in [-0.2, 0) is 6.42 Å². The summed E-state index contributed by atoms with van der Waals surface area (Å²) in [5, 5.41) is 5.14. The van der Waals surface area contributed by atoms with Crippen LogP contribution >= 0.6 is 0 Å². The van der Waals surface area contributed by atoms with Crippen molar-refractivity contribution in [3.05, 3.63) is 281 Å². The predicted octanol–water partition coefficient (Wildman–Crippen LogP) is 18.1. The normalized spacial score (nSPS) is 10.2. The Morgan fingerprint density at radius 2 is 0.900 bits per heavy atom. The summed E-state index contributed by atoms with van der Waals surface area (Å²) in [4.78, 5) is 3.26. The lowest BCUT2D eigenvalue weighted by Crippen LogP contribution is -1.97. The van der Waals surface area contributed by atoms with E-state index in [2.05, 4.69) is 285 Å². The molecule has 0 bridgehead atoms. The molecular weight excluding hydrogens is 845 g/mol. The van der Waals surface area contributed by atoms with Gasteiger partial charge in [0.1, 0.15) is 0 Å². The Balaban J connectivity index is 0.000000173. The maximum atomic E-state index is 4.80. The monoisotopic (exact) mass is 913 g/mol. The molecular formula is C68H68N2. The molecule has 0 atom stereocenters. The number of hydrogen-bond donors (Lipinski definition) is 1. The number of aryl methyl sites for hydroxylation is 6. The van der Waals surface area contributed by atoms with Gasteiger partial charge in [-0.15, -0.1) is 0 Å². The van der Waals surface area contributed by atoms with Gasteiger partial charge in [-0.3, -0.25) is 4.99 Å². The summed E-state index contributed by atoms with van der Waals surface area (Å²) >= 11 is 0. The highest BCUT2D eigenvalue weighted by molar-refractivity contribution is 6.02. The number of nitrogens with two attached hydrogens (primary N) is 1. The van der Waals surface area contributed by atoms with Crippen LogP contribution in [0.4, 0.5) is 0 Å². The fourth-order valence-corrected chi connectivity index (χ4v) is 8.56. The van der Waals surface area contributed by atoms with Gasteiger partial charge >= 0.3 is 0 Å². The van der Waals surface area contributed by atoms with Gasteiger partial charge < -0.3 is 5.73 Å². The third-order valence-corrected chi connectivity index (χ3v) is 12.5. The summed E-state index contributed by atoms with van der Waals surface area (Å²) in [5.74, 6) is 0. The smallest absolute Gasteiger partial charge is 0.0852 e. The van der Waals surface area contributed by atoms with E-state index >= 15 is 0 Å². The first-order valence-electron chi connectivity index (χ1n) is 24.2. The summed E-state index contributed by atoms with van der Waals surface area (Å²) in [6.45, 7) is 23.2. The molecule has 350 valence electrons. The maximum absolute atomic E-state index is 4.80. The van der Waals surface area contributed by atoms with E-state index in [4.69, 9.17) is 5.73 Å². The van der Waals surface area contributed by atoms with Crippen molar-refractivity contribution in [2.75, 3.05) is 6.67 Å². The Bertz CT molecular complexity index is 3250. The minimum absolute atomic E-state index is 0.333. The topological polar surface area (TPSA) is 38.4 Å². The molecule has 2 N–H and O–H groups in total. The van der Waals surface area contributed by atoms with Crippen LogP contribution in [0.25, 0.3) is 60.5 Å². The zero-order valence-electron chi connectivity index (χ0n) is 42.2. The van der Waals surface area contributed by atoms with Gasteiger partial charge in [0.05, 0.1) is 6.67 Å². The first-order valence-corrected chi connectivity index (χ1v) is 24.2. The van der Waals surface area contributed by atoms with Crippen molar-refractivity contribution in [1.82, 2.24) is 0 Å². The van der Waals surface area contributed by atoms with E-state index < -0.39 is 0 Å². The van der Waals surface area contributed by atoms with Gasteiger partial charge in [-0.05, 0) is 160 Å². The average Bonchev–Trinajstić information content (AvgIpc) is 3.40. The Labute approximate surface area is 418 Å². The summed E-state index contributed by atoms with van der Waals surface area (Å²) in [6.07, 6.45) is 1.14. The van der Waals surface area contributed by atoms with E-state index in [1.165, 1.54) is 99.4 Å². The molecule has 2 heteroatoms.